The van der Waals surface area contributed by atoms with Crippen molar-refractivity contribution in [1.29, 1.82) is 0 Å². The highest BCUT2D eigenvalue weighted by atomic mass is 79.9. The maximum atomic E-state index is 12.4. The number of hydrogen-bond donors (Lipinski definition) is 1. The lowest BCUT2D eigenvalue weighted by Gasteiger charge is -2.10. The third kappa shape index (κ3) is 4.45. The average Bonchev–Trinajstić information content (AvgIpc) is 3.01. The van der Waals surface area contributed by atoms with E-state index in [0.717, 1.165) is 10.0 Å². The monoisotopic (exact) mass is 482 g/mol. The van der Waals surface area contributed by atoms with Crippen LogP contribution in [0.1, 0.15) is 5.56 Å². The third-order valence-corrected chi connectivity index (χ3v) is 5.57. The molecule has 0 aliphatic carbocycles. The lowest BCUT2D eigenvalue weighted by atomic mass is 10.1. The van der Waals surface area contributed by atoms with E-state index in [-0.39, 0.29) is 5.91 Å². The quantitative estimate of drug-likeness (QED) is 0.605. The SMILES string of the molecule is COc1cc(OC)c(/C=C2\SC(=Nc3cc(Cl)ccc3OC)NC2=O)cc1Br. The van der Waals surface area contributed by atoms with Gasteiger partial charge >= 0.3 is 0 Å². The Bertz CT molecular complexity index is 994. The number of nitrogens with one attached hydrogen (secondary N) is 1. The number of hydrogen-bond acceptors (Lipinski definition) is 6. The van der Waals surface area contributed by atoms with Crippen LogP contribution in [0, 0.1) is 0 Å². The maximum absolute atomic E-state index is 12.4. The van der Waals surface area contributed by atoms with Crippen LogP contribution in [0.15, 0.2) is 44.7 Å². The minimum atomic E-state index is -0.251. The van der Waals surface area contributed by atoms with E-state index in [1.165, 1.54) is 11.8 Å². The van der Waals surface area contributed by atoms with Gasteiger partial charge in [0.25, 0.3) is 5.91 Å². The molecule has 0 spiro atoms. The Hall–Kier alpha value is -2.16. The number of ether oxygens (including phenoxy) is 3. The molecule has 0 saturated carbocycles. The number of methoxy groups -OCH3 is 3. The second-order valence-corrected chi connectivity index (χ2v) is 7.85. The molecular formula is C19H16BrClN2O4S. The second-order valence-electron chi connectivity index (χ2n) is 5.53. The molecule has 1 aliphatic heterocycles. The van der Waals surface area contributed by atoms with Gasteiger partial charge in [0.15, 0.2) is 5.17 Å². The van der Waals surface area contributed by atoms with Gasteiger partial charge in [-0.2, -0.15) is 0 Å². The predicted molar refractivity (Wildman–Crippen MR) is 116 cm³/mol. The molecule has 3 rings (SSSR count). The lowest BCUT2D eigenvalue weighted by molar-refractivity contribution is -0.115. The number of nitrogens with zero attached hydrogens (tertiary/aromatic N) is 1. The molecule has 2 aromatic rings. The smallest absolute Gasteiger partial charge is 0.264 e. The van der Waals surface area contributed by atoms with Crippen LogP contribution in [0.25, 0.3) is 6.08 Å². The van der Waals surface area contributed by atoms with Gasteiger partial charge in [-0.15, -0.1) is 0 Å². The largest absolute Gasteiger partial charge is 0.496 e. The first-order valence-electron chi connectivity index (χ1n) is 7.99. The summed E-state index contributed by atoms with van der Waals surface area (Å²) in [6, 6.07) is 8.68. The molecule has 1 N–H and O–H groups in total. The van der Waals surface area contributed by atoms with Crippen molar-refractivity contribution in [3.63, 3.8) is 0 Å². The molecule has 0 radical (unpaired) electrons. The van der Waals surface area contributed by atoms with E-state index in [0.29, 0.717) is 38.0 Å². The van der Waals surface area contributed by atoms with E-state index in [1.807, 2.05) is 6.07 Å². The fraction of sp³-hybridized carbons (Fsp3) is 0.158. The highest BCUT2D eigenvalue weighted by molar-refractivity contribution is 9.10. The molecule has 1 amide bonds. The molecule has 28 heavy (non-hydrogen) atoms. The normalized spacial score (nSPS) is 16.4. The minimum absolute atomic E-state index is 0.251. The van der Waals surface area contributed by atoms with Gasteiger partial charge in [-0.05, 0) is 58.0 Å². The molecule has 1 aliphatic rings. The van der Waals surface area contributed by atoms with Crippen LogP contribution >= 0.6 is 39.3 Å². The third-order valence-electron chi connectivity index (χ3n) is 3.80. The maximum Gasteiger partial charge on any atom is 0.264 e. The first-order valence-corrected chi connectivity index (χ1v) is 9.98. The van der Waals surface area contributed by atoms with E-state index in [4.69, 9.17) is 25.8 Å². The van der Waals surface area contributed by atoms with Crippen LogP contribution in [-0.2, 0) is 4.79 Å². The van der Waals surface area contributed by atoms with Crippen LogP contribution in [0.2, 0.25) is 5.02 Å². The summed E-state index contributed by atoms with van der Waals surface area (Å²) in [5, 5.41) is 3.71. The molecule has 146 valence electrons. The van der Waals surface area contributed by atoms with Gasteiger partial charge in [0.05, 0.1) is 30.7 Å². The highest BCUT2D eigenvalue weighted by Gasteiger charge is 2.25. The number of benzene rings is 2. The number of halogens is 2. The van der Waals surface area contributed by atoms with E-state index in [2.05, 4.69) is 26.2 Å². The molecule has 0 bridgehead atoms. The molecule has 0 atom stereocenters. The van der Waals surface area contributed by atoms with Crippen LogP contribution in [0.3, 0.4) is 0 Å². The molecule has 9 heteroatoms. The van der Waals surface area contributed by atoms with Crippen molar-refractivity contribution in [2.75, 3.05) is 21.3 Å². The van der Waals surface area contributed by atoms with Crippen LogP contribution in [-0.4, -0.2) is 32.4 Å². The number of thioether (sulfide) groups is 1. The summed E-state index contributed by atoms with van der Waals surface area (Å²) in [5.41, 5.74) is 1.26. The van der Waals surface area contributed by atoms with Crippen molar-refractivity contribution >= 4 is 62.1 Å². The van der Waals surface area contributed by atoms with Crippen molar-refractivity contribution in [3.05, 3.63) is 50.3 Å². The van der Waals surface area contributed by atoms with Crippen LogP contribution < -0.4 is 19.5 Å². The summed E-state index contributed by atoms with van der Waals surface area (Å²) in [5.74, 6) is 1.53. The van der Waals surface area contributed by atoms with Crippen molar-refractivity contribution < 1.29 is 19.0 Å². The Morgan fingerprint density at radius 1 is 1.07 bits per heavy atom. The summed E-state index contributed by atoms with van der Waals surface area (Å²) in [6.07, 6.45) is 1.74. The van der Waals surface area contributed by atoms with Gasteiger partial charge in [0.2, 0.25) is 0 Å². The molecular weight excluding hydrogens is 468 g/mol. The molecule has 6 nitrogen and oxygen atoms in total. The van der Waals surface area contributed by atoms with Crippen molar-refractivity contribution in [1.82, 2.24) is 5.32 Å². The van der Waals surface area contributed by atoms with Gasteiger partial charge in [0, 0.05) is 16.7 Å². The molecule has 1 fully saturated rings. The van der Waals surface area contributed by atoms with E-state index >= 15 is 0 Å². The van der Waals surface area contributed by atoms with Gasteiger partial charge < -0.3 is 19.5 Å². The number of carbonyl (C=O) groups is 1. The van der Waals surface area contributed by atoms with Crippen molar-refractivity contribution in [2.24, 2.45) is 4.99 Å². The molecule has 2 aromatic carbocycles. The van der Waals surface area contributed by atoms with Gasteiger partial charge in [-0.3, -0.25) is 4.79 Å². The van der Waals surface area contributed by atoms with Gasteiger partial charge in [-0.1, -0.05) is 11.6 Å². The summed E-state index contributed by atoms with van der Waals surface area (Å²) < 4.78 is 16.7. The number of aliphatic imine (C=N–C) groups is 1. The highest BCUT2D eigenvalue weighted by Crippen LogP contribution is 2.37. The second kappa shape index (κ2) is 8.89. The molecule has 1 saturated heterocycles. The number of carbonyl (C=O) groups excluding carboxylic acids is 1. The Kier molecular flexibility index (Phi) is 6.53. The first kappa shape index (κ1) is 20.6. The van der Waals surface area contributed by atoms with Gasteiger partial charge in [0.1, 0.15) is 22.9 Å². The average molecular weight is 484 g/mol. The van der Waals surface area contributed by atoms with Crippen LogP contribution in [0.4, 0.5) is 5.69 Å². The Labute approximate surface area is 180 Å². The van der Waals surface area contributed by atoms with E-state index in [1.54, 1.807) is 51.7 Å². The fourth-order valence-corrected chi connectivity index (χ4v) is 3.99. The van der Waals surface area contributed by atoms with Crippen molar-refractivity contribution in [3.8, 4) is 17.2 Å². The van der Waals surface area contributed by atoms with E-state index in [9.17, 15) is 4.79 Å². The zero-order chi connectivity index (χ0) is 20.3. The zero-order valence-corrected chi connectivity index (χ0v) is 18.4. The summed E-state index contributed by atoms with van der Waals surface area (Å²) in [7, 11) is 4.68. The topological polar surface area (TPSA) is 69.2 Å². The number of rotatable bonds is 5. The summed E-state index contributed by atoms with van der Waals surface area (Å²) >= 11 is 10.7. The van der Waals surface area contributed by atoms with Crippen molar-refractivity contribution in [2.45, 2.75) is 0 Å². The number of amidine groups is 1. The van der Waals surface area contributed by atoms with E-state index < -0.39 is 0 Å². The molecule has 1 heterocycles. The fourth-order valence-electron chi connectivity index (χ4n) is 2.48. The minimum Gasteiger partial charge on any atom is -0.496 e. The Balaban J connectivity index is 1.93. The summed E-state index contributed by atoms with van der Waals surface area (Å²) in [6.45, 7) is 0. The first-order chi connectivity index (χ1) is 13.4. The van der Waals surface area contributed by atoms with Crippen LogP contribution in [0.5, 0.6) is 17.2 Å². The molecule has 0 unspecified atom stereocenters. The molecule has 0 aromatic heterocycles. The van der Waals surface area contributed by atoms with Gasteiger partial charge in [-0.25, -0.2) is 4.99 Å². The zero-order valence-electron chi connectivity index (χ0n) is 15.2. The predicted octanol–water partition coefficient (Wildman–Crippen LogP) is 5.02. The Morgan fingerprint density at radius 2 is 1.79 bits per heavy atom. The number of amides is 1. The Morgan fingerprint density at radius 3 is 2.46 bits per heavy atom. The summed E-state index contributed by atoms with van der Waals surface area (Å²) in [4.78, 5) is 17.3. The standard InChI is InChI=1S/C19H16BrClN2O4S/c1-25-14-5-4-11(21)8-13(14)22-19-23-18(24)17(28-19)7-10-6-12(20)16(27-3)9-15(10)26-2/h4-9H,1-3H3,(H,22,23,24)/b17-7-. The lowest BCUT2D eigenvalue weighted by Crippen LogP contribution is -2.19.